The number of hydrogen-bond donors (Lipinski definition) is 0. The van der Waals surface area contributed by atoms with Crippen LogP contribution in [-0.2, 0) is 16.1 Å². The van der Waals surface area contributed by atoms with Crippen LogP contribution < -0.4 is 14.3 Å². The molecule has 0 fully saturated rings. The summed E-state index contributed by atoms with van der Waals surface area (Å²) in [5.41, 5.74) is 1.24. The van der Waals surface area contributed by atoms with E-state index in [1.807, 2.05) is 30.3 Å². The van der Waals surface area contributed by atoms with E-state index in [9.17, 15) is 9.59 Å². The summed E-state index contributed by atoms with van der Waals surface area (Å²) in [7, 11) is 0. The summed E-state index contributed by atoms with van der Waals surface area (Å²) < 4.78 is 19.0. The van der Waals surface area contributed by atoms with Crippen molar-refractivity contribution < 1.29 is 23.8 Å². The first-order valence-corrected chi connectivity index (χ1v) is 12.1. The fraction of sp³-hybridized carbons (Fsp3) is 0.348. The van der Waals surface area contributed by atoms with Gasteiger partial charge in [-0.1, -0.05) is 31.3 Å². The Hall–Kier alpha value is -2.78. The first-order chi connectivity index (χ1) is 15.4. The highest BCUT2D eigenvalue weighted by Crippen LogP contribution is 2.35. The molecule has 0 unspecified atom stereocenters. The van der Waals surface area contributed by atoms with Gasteiger partial charge in [-0.2, -0.15) is 4.99 Å². The van der Waals surface area contributed by atoms with Crippen molar-refractivity contribution in [2.24, 2.45) is 4.99 Å². The van der Waals surface area contributed by atoms with E-state index in [1.54, 1.807) is 29.3 Å². The number of nitrogens with zero attached hydrogens (tertiary/aromatic N) is 2. The Morgan fingerprint density at radius 1 is 1.19 bits per heavy atom. The quantitative estimate of drug-likeness (QED) is 0.394. The van der Waals surface area contributed by atoms with Crippen molar-refractivity contribution in [2.45, 2.75) is 37.5 Å². The Morgan fingerprint density at radius 3 is 2.66 bits per heavy atom. The van der Waals surface area contributed by atoms with Gasteiger partial charge >= 0.3 is 5.97 Å². The average molecular weight is 473 g/mol. The van der Waals surface area contributed by atoms with Crippen molar-refractivity contribution in [3.8, 4) is 11.5 Å². The highest BCUT2D eigenvalue weighted by molar-refractivity contribution is 7.99. The maximum absolute atomic E-state index is 13.0. The normalized spacial score (nSPS) is 13.6. The van der Waals surface area contributed by atoms with Crippen LogP contribution in [0.15, 0.2) is 46.3 Å². The van der Waals surface area contributed by atoms with E-state index < -0.39 is 5.97 Å². The van der Waals surface area contributed by atoms with Gasteiger partial charge in [-0.15, -0.1) is 11.8 Å². The number of hydrogen-bond acceptors (Lipinski definition) is 7. The molecule has 32 heavy (non-hydrogen) atoms. The maximum atomic E-state index is 13.0. The van der Waals surface area contributed by atoms with Gasteiger partial charge in [0.15, 0.2) is 16.3 Å². The summed E-state index contributed by atoms with van der Waals surface area (Å²) in [5.74, 6) is 0.490. The summed E-state index contributed by atoms with van der Waals surface area (Å²) in [6.45, 7) is 7.13. The SMILES string of the molecule is CCOC(=O)Cn1c(=NC(=O)c2cccc(SC(C)C)c2)sc2cc3c(cc21)OCCO3. The zero-order valence-electron chi connectivity index (χ0n) is 18.1. The Balaban J connectivity index is 1.78. The molecule has 0 spiro atoms. The van der Waals surface area contributed by atoms with Crippen LogP contribution in [-0.4, -0.2) is 41.5 Å². The molecule has 1 aliphatic rings. The standard InChI is InChI=1S/C23H24N2O5S2/c1-4-28-21(26)13-25-17-11-18-19(30-9-8-29-18)12-20(17)32-23(25)24-22(27)15-6-5-7-16(10-15)31-14(2)3/h5-7,10-12,14H,4,8-9,13H2,1-3H3. The fourth-order valence-electron chi connectivity index (χ4n) is 3.31. The second kappa shape index (κ2) is 9.79. The molecule has 1 amide bonds. The van der Waals surface area contributed by atoms with Gasteiger partial charge in [-0.05, 0) is 25.1 Å². The highest BCUT2D eigenvalue weighted by atomic mass is 32.2. The molecular formula is C23H24N2O5S2. The number of benzene rings is 2. The molecule has 1 aromatic heterocycles. The smallest absolute Gasteiger partial charge is 0.326 e. The monoisotopic (exact) mass is 472 g/mol. The van der Waals surface area contributed by atoms with Gasteiger partial charge in [0.1, 0.15) is 19.8 Å². The van der Waals surface area contributed by atoms with Crippen LogP contribution >= 0.6 is 23.1 Å². The molecule has 2 heterocycles. The van der Waals surface area contributed by atoms with Crippen LogP contribution in [0.1, 0.15) is 31.1 Å². The number of thiazole rings is 1. The molecule has 9 heteroatoms. The molecule has 168 valence electrons. The zero-order chi connectivity index (χ0) is 22.7. The second-order valence-electron chi connectivity index (χ2n) is 7.35. The molecule has 4 rings (SSSR count). The van der Waals surface area contributed by atoms with E-state index >= 15 is 0 Å². The lowest BCUT2D eigenvalue weighted by atomic mass is 10.2. The Bertz CT molecular complexity index is 1230. The highest BCUT2D eigenvalue weighted by Gasteiger charge is 2.19. The van der Waals surface area contributed by atoms with Gasteiger partial charge in [-0.3, -0.25) is 9.59 Å². The predicted octanol–water partition coefficient (Wildman–Crippen LogP) is 4.28. The number of thioether (sulfide) groups is 1. The minimum atomic E-state index is -0.397. The Labute approximate surface area is 194 Å². The molecule has 3 aromatic rings. The molecule has 0 bridgehead atoms. The topological polar surface area (TPSA) is 79.1 Å². The molecule has 0 saturated heterocycles. The summed E-state index contributed by atoms with van der Waals surface area (Å²) in [6, 6.07) is 11.1. The van der Waals surface area contributed by atoms with E-state index in [-0.39, 0.29) is 19.1 Å². The van der Waals surface area contributed by atoms with Crippen molar-refractivity contribution in [1.82, 2.24) is 4.57 Å². The number of fused-ring (bicyclic) bond motifs is 2. The molecule has 0 N–H and O–H groups in total. The van der Waals surface area contributed by atoms with Gasteiger partial charge in [0, 0.05) is 27.8 Å². The van der Waals surface area contributed by atoms with Gasteiger partial charge in [0.05, 0.1) is 16.8 Å². The van der Waals surface area contributed by atoms with E-state index in [1.165, 1.54) is 11.3 Å². The molecule has 0 aliphatic carbocycles. The van der Waals surface area contributed by atoms with E-state index in [0.717, 1.165) is 15.1 Å². The third-order valence-electron chi connectivity index (χ3n) is 4.59. The second-order valence-corrected chi connectivity index (χ2v) is 10.0. The van der Waals surface area contributed by atoms with Crippen molar-refractivity contribution in [1.29, 1.82) is 0 Å². The van der Waals surface area contributed by atoms with Gasteiger partial charge < -0.3 is 18.8 Å². The van der Waals surface area contributed by atoms with Crippen molar-refractivity contribution in [3.63, 3.8) is 0 Å². The van der Waals surface area contributed by atoms with Gasteiger partial charge in [-0.25, -0.2) is 0 Å². The number of rotatable bonds is 6. The molecule has 7 nitrogen and oxygen atoms in total. The Kier molecular flexibility index (Phi) is 6.86. The lowest BCUT2D eigenvalue weighted by Gasteiger charge is -2.18. The van der Waals surface area contributed by atoms with E-state index in [4.69, 9.17) is 14.2 Å². The molecule has 0 saturated carbocycles. The minimum Gasteiger partial charge on any atom is -0.486 e. The van der Waals surface area contributed by atoms with Crippen molar-refractivity contribution in [3.05, 3.63) is 46.8 Å². The molecular weight excluding hydrogens is 448 g/mol. The molecule has 2 aromatic carbocycles. The number of carbonyl (C=O) groups is 2. The maximum Gasteiger partial charge on any atom is 0.326 e. The predicted molar refractivity (Wildman–Crippen MR) is 125 cm³/mol. The third kappa shape index (κ3) is 4.99. The number of carbonyl (C=O) groups excluding carboxylic acids is 2. The molecule has 1 aliphatic heterocycles. The van der Waals surface area contributed by atoms with Crippen molar-refractivity contribution in [2.75, 3.05) is 19.8 Å². The largest absolute Gasteiger partial charge is 0.486 e. The molecule has 0 radical (unpaired) electrons. The minimum absolute atomic E-state index is 0.0527. The van der Waals surface area contributed by atoms with Gasteiger partial charge in [0.25, 0.3) is 5.91 Å². The van der Waals surface area contributed by atoms with E-state index in [2.05, 4.69) is 18.8 Å². The van der Waals surface area contributed by atoms with Crippen LogP contribution in [0.3, 0.4) is 0 Å². The number of ether oxygens (including phenoxy) is 3. The molecule has 0 atom stereocenters. The lowest BCUT2D eigenvalue weighted by molar-refractivity contribution is -0.143. The van der Waals surface area contributed by atoms with Gasteiger partial charge in [0.2, 0.25) is 0 Å². The van der Waals surface area contributed by atoms with Crippen LogP contribution in [0.4, 0.5) is 0 Å². The van der Waals surface area contributed by atoms with E-state index in [0.29, 0.717) is 40.3 Å². The number of amides is 1. The first kappa shape index (κ1) is 22.4. The van der Waals surface area contributed by atoms with Crippen LogP contribution in [0.2, 0.25) is 0 Å². The third-order valence-corrected chi connectivity index (χ3v) is 6.63. The summed E-state index contributed by atoms with van der Waals surface area (Å²) >= 11 is 3.01. The fourth-order valence-corrected chi connectivity index (χ4v) is 5.24. The lowest BCUT2D eigenvalue weighted by Crippen LogP contribution is -2.23. The first-order valence-electron chi connectivity index (χ1n) is 10.4. The average Bonchev–Trinajstić information content (AvgIpc) is 3.07. The number of aromatic nitrogens is 1. The van der Waals surface area contributed by atoms with Crippen LogP contribution in [0.5, 0.6) is 11.5 Å². The van der Waals surface area contributed by atoms with Crippen molar-refractivity contribution >= 4 is 45.2 Å². The van der Waals surface area contributed by atoms with Crippen LogP contribution in [0.25, 0.3) is 10.2 Å². The Morgan fingerprint density at radius 2 is 1.94 bits per heavy atom. The zero-order valence-corrected chi connectivity index (χ0v) is 19.8. The van der Waals surface area contributed by atoms with Crippen LogP contribution in [0, 0.1) is 0 Å². The summed E-state index contributed by atoms with van der Waals surface area (Å²) in [5, 5.41) is 0.405. The summed E-state index contributed by atoms with van der Waals surface area (Å²) in [4.78, 5) is 31.1. The number of esters is 1. The summed E-state index contributed by atoms with van der Waals surface area (Å²) in [6.07, 6.45) is 0.